The molecule has 1 aromatic carbocycles. The average Bonchev–Trinajstić information content (AvgIpc) is 3.09. The van der Waals surface area contributed by atoms with E-state index < -0.39 is 37.8 Å². The van der Waals surface area contributed by atoms with Crippen LogP contribution in [0.3, 0.4) is 0 Å². The maximum atomic E-state index is 13.6. The van der Waals surface area contributed by atoms with E-state index in [1.807, 2.05) is 13.8 Å². The summed E-state index contributed by atoms with van der Waals surface area (Å²) < 4.78 is 55.0. The van der Waals surface area contributed by atoms with Crippen LogP contribution in [0, 0.1) is 6.92 Å². The van der Waals surface area contributed by atoms with E-state index >= 15 is 0 Å². The molecular formula is C23H32F2NO7P. The van der Waals surface area contributed by atoms with Gasteiger partial charge in [0.25, 0.3) is 7.52 Å². The number of halogens is 2. The van der Waals surface area contributed by atoms with Gasteiger partial charge in [-0.3, -0.25) is 13.9 Å². The Kier molecular flexibility index (Phi) is 9.02. The average molecular weight is 503 g/mol. The van der Waals surface area contributed by atoms with Gasteiger partial charge >= 0.3 is 18.0 Å². The Morgan fingerprint density at radius 1 is 1.35 bits per heavy atom. The van der Waals surface area contributed by atoms with Crippen molar-refractivity contribution in [3.63, 3.8) is 0 Å². The van der Waals surface area contributed by atoms with Gasteiger partial charge in [0, 0.05) is 18.1 Å². The number of aromatic hydroxyl groups is 1. The molecule has 0 amide bonds. The standard InChI is InChI=1S/C23H32F2NO7P/c1-7-16-14(4)18-11-32-22(29)19(18)20(27)17(16)10-9-13(3)12-34(30,33-23(6,24)25)26-15(5)21(28)31-8-2/h9,15,27H,7-8,10-12H2,1-6H3,(H,26,30)/b13-9+. The molecule has 0 aliphatic carbocycles. The highest BCUT2D eigenvalue weighted by Gasteiger charge is 2.38. The molecule has 8 nitrogen and oxygen atoms in total. The molecule has 34 heavy (non-hydrogen) atoms. The Morgan fingerprint density at radius 3 is 2.56 bits per heavy atom. The fourth-order valence-electron chi connectivity index (χ4n) is 3.99. The van der Waals surface area contributed by atoms with Crippen molar-refractivity contribution >= 4 is 19.5 Å². The predicted molar refractivity (Wildman–Crippen MR) is 122 cm³/mol. The highest BCUT2D eigenvalue weighted by Crippen LogP contribution is 2.49. The lowest BCUT2D eigenvalue weighted by atomic mass is 9.89. The van der Waals surface area contributed by atoms with E-state index in [1.165, 1.54) is 6.92 Å². The van der Waals surface area contributed by atoms with Crippen molar-refractivity contribution in [2.45, 2.75) is 73.1 Å². The molecular weight excluding hydrogens is 471 g/mol. The number of nitrogens with one attached hydrogen (secondary N) is 1. The summed E-state index contributed by atoms with van der Waals surface area (Å²) in [6.07, 6.45) is -1.74. The van der Waals surface area contributed by atoms with E-state index in [0.29, 0.717) is 30.0 Å². The lowest BCUT2D eigenvalue weighted by molar-refractivity contribution is -0.159. The zero-order chi connectivity index (χ0) is 25.8. The molecule has 1 aliphatic heterocycles. The first-order chi connectivity index (χ1) is 15.7. The number of alkyl halides is 2. The van der Waals surface area contributed by atoms with Crippen LogP contribution < -0.4 is 5.09 Å². The Labute approximate surface area is 198 Å². The minimum absolute atomic E-state index is 0.0792. The fourth-order valence-corrected chi connectivity index (χ4v) is 6.20. The first-order valence-corrected chi connectivity index (χ1v) is 12.8. The van der Waals surface area contributed by atoms with Crippen molar-refractivity contribution in [3.8, 4) is 5.75 Å². The van der Waals surface area contributed by atoms with Crippen LogP contribution in [0.15, 0.2) is 11.6 Å². The highest BCUT2D eigenvalue weighted by molar-refractivity contribution is 7.57. The monoisotopic (exact) mass is 503 g/mol. The van der Waals surface area contributed by atoms with E-state index in [0.717, 1.165) is 11.1 Å². The number of benzene rings is 1. The summed E-state index contributed by atoms with van der Waals surface area (Å²) in [6, 6.07) is -1.14. The molecule has 2 N–H and O–H groups in total. The van der Waals surface area contributed by atoms with Crippen molar-refractivity contribution in [2.24, 2.45) is 0 Å². The molecule has 0 radical (unpaired) electrons. The highest BCUT2D eigenvalue weighted by atomic mass is 31.2. The van der Waals surface area contributed by atoms with Gasteiger partial charge in [-0.2, -0.15) is 8.78 Å². The van der Waals surface area contributed by atoms with Gasteiger partial charge in [0.05, 0.1) is 12.8 Å². The molecule has 190 valence electrons. The van der Waals surface area contributed by atoms with Gasteiger partial charge in [0.1, 0.15) is 24.0 Å². The molecule has 2 unspecified atom stereocenters. The second-order valence-corrected chi connectivity index (χ2v) is 10.4. The largest absolute Gasteiger partial charge is 0.507 e. The van der Waals surface area contributed by atoms with Gasteiger partial charge in [-0.25, -0.2) is 9.88 Å². The number of cyclic esters (lactones) is 1. The minimum Gasteiger partial charge on any atom is -0.507 e. The molecule has 0 saturated carbocycles. The first kappa shape index (κ1) is 28.0. The molecule has 0 saturated heterocycles. The number of ether oxygens (including phenoxy) is 2. The number of hydrogen-bond donors (Lipinski definition) is 2. The SMILES string of the molecule is CCOC(=O)C(C)NP(=O)(C/C(C)=C/Cc1c(O)c2c(c(C)c1CC)COC2=O)OC(C)(F)F. The molecule has 1 aliphatic rings. The fraction of sp³-hybridized carbons (Fsp3) is 0.565. The zero-order valence-electron chi connectivity index (χ0n) is 20.3. The second-order valence-electron chi connectivity index (χ2n) is 8.30. The number of phenolic OH excluding ortho intramolecular Hbond substituents is 1. The Bertz CT molecular complexity index is 1030. The van der Waals surface area contributed by atoms with Crippen molar-refractivity contribution in [1.82, 2.24) is 5.09 Å². The maximum absolute atomic E-state index is 13.6. The summed E-state index contributed by atoms with van der Waals surface area (Å²) in [7, 11) is -4.22. The Hall–Kier alpha value is -2.29. The summed E-state index contributed by atoms with van der Waals surface area (Å²) in [5, 5.41) is 13.1. The van der Waals surface area contributed by atoms with Crippen LogP contribution in [-0.2, 0) is 42.8 Å². The molecule has 0 spiro atoms. The van der Waals surface area contributed by atoms with Crippen molar-refractivity contribution in [1.29, 1.82) is 0 Å². The second kappa shape index (κ2) is 11.0. The van der Waals surface area contributed by atoms with Crippen LogP contribution in [0.1, 0.15) is 67.2 Å². The molecule has 2 rings (SSSR count). The molecule has 0 bridgehead atoms. The van der Waals surface area contributed by atoms with Gasteiger partial charge in [-0.05, 0) is 51.7 Å². The lowest BCUT2D eigenvalue weighted by Gasteiger charge is -2.25. The van der Waals surface area contributed by atoms with Crippen molar-refractivity contribution in [3.05, 3.63) is 39.5 Å². The Balaban J connectivity index is 2.33. The first-order valence-electron chi connectivity index (χ1n) is 11.0. The quantitative estimate of drug-likeness (QED) is 0.252. The number of carbonyl (C=O) groups is 2. The van der Waals surface area contributed by atoms with Crippen LogP contribution in [-0.4, -0.2) is 42.0 Å². The van der Waals surface area contributed by atoms with Gasteiger partial charge < -0.3 is 14.6 Å². The minimum atomic E-state index is -4.22. The van der Waals surface area contributed by atoms with Gasteiger partial charge in [-0.15, -0.1) is 0 Å². The van der Waals surface area contributed by atoms with Crippen LogP contribution in [0.25, 0.3) is 0 Å². The maximum Gasteiger partial charge on any atom is 0.358 e. The third kappa shape index (κ3) is 6.64. The number of carbonyl (C=O) groups excluding carboxylic acids is 2. The third-order valence-corrected chi connectivity index (χ3v) is 7.76. The summed E-state index contributed by atoms with van der Waals surface area (Å²) in [5.74, 6) is -1.51. The lowest BCUT2D eigenvalue weighted by Crippen LogP contribution is -2.36. The van der Waals surface area contributed by atoms with E-state index in [2.05, 4.69) is 9.61 Å². The normalized spacial score (nSPS) is 16.6. The summed E-state index contributed by atoms with van der Waals surface area (Å²) in [6.45, 7) is 8.93. The van der Waals surface area contributed by atoms with Gasteiger partial charge in [0.2, 0.25) is 0 Å². The number of allylic oxidation sites excluding steroid dienone is 2. The van der Waals surface area contributed by atoms with Gasteiger partial charge in [-0.1, -0.05) is 18.6 Å². The van der Waals surface area contributed by atoms with Crippen molar-refractivity contribution in [2.75, 3.05) is 12.8 Å². The van der Waals surface area contributed by atoms with Crippen LogP contribution in [0.5, 0.6) is 5.75 Å². The van der Waals surface area contributed by atoms with Crippen LogP contribution in [0.2, 0.25) is 0 Å². The van der Waals surface area contributed by atoms with E-state index in [1.54, 1.807) is 19.9 Å². The van der Waals surface area contributed by atoms with Crippen molar-refractivity contribution < 1.29 is 42.0 Å². The molecule has 0 fully saturated rings. The van der Waals surface area contributed by atoms with E-state index in [4.69, 9.17) is 9.47 Å². The smallest absolute Gasteiger partial charge is 0.358 e. The Morgan fingerprint density at radius 2 is 2.00 bits per heavy atom. The molecule has 11 heteroatoms. The number of hydrogen-bond acceptors (Lipinski definition) is 7. The van der Waals surface area contributed by atoms with Crippen LogP contribution in [0.4, 0.5) is 8.78 Å². The molecule has 0 aromatic heterocycles. The van der Waals surface area contributed by atoms with Crippen LogP contribution >= 0.6 is 7.52 Å². The van der Waals surface area contributed by atoms with E-state index in [-0.39, 0.29) is 30.9 Å². The predicted octanol–water partition coefficient (Wildman–Crippen LogP) is 4.79. The topological polar surface area (TPSA) is 111 Å². The molecule has 1 aromatic rings. The summed E-state index contributed by atoms with van der Waals surface area (Å²) in [5.41, 5.74) is 3.45. The third-order valence-electron chi connectivity index (χ3n) is 5.45. The van der Waals surface area contributed by atoms with Gasteiger partial charge in [0.15, 0.2) is 0 Å². The number of phenols is 1. The number of rotatable bonds is 11. The zero-order valence-corrected chi connectivity index (χ0v) is 21.2. The number of fused-ring (bicyclic) bond motifs is 1. The van der Waals surface area contributed by atoms with E-state index in [9.17, 15) is 28.0 Å². The summed E-state index contributed by atoms with van der Waals surface area (Å²) in [4.78, 5) is 24.0. The summed E-state index contributed by atoms with van der Waals surface area (Å²) >= 11 is 0. The molecule has 2 atom stereocenters. The number of esters is 2. The molecule has 1 heterocycles.